The van der Waals surface area contributed by atoms with Crippen molar-refractivity contribution in [3.63, 3.8) is 0 Å². The molecule has 1 atom stereocenters. The Morgan fingerprint density at radius 2 is 0.621 bits per heavy atom. The van der Waals surface area contributed by atoms with Gasteiger partial charge in [-0.25, -0.2) is 8.78 Å². The Morgan fingerprint density at radius 1 is 0.310 bits per heavy atom. The van der Waals surface area contributed by atoms with Gasteiger partial charge >= 0.3 is 0 Å². The number of alkyl halides is 2. The van der Waals surface area contributed by atoms with E-state index in [9.17, 15) is 8.78 Å². The van der Waals surface area contributed by atoms with E-state index < -0.39 is 12.3 Å². The molecule has 87 heavy (non-hydrogen) atoms. The van der Waals surface area contributed by atoms with Crippen molar-refractivity contribution in [2.75, 3.05) is 231 Å². The maximum Gasteiger partial charge on any atom is 0.125 e. The first-order chi connectivity index (χ1) is 41.2. The Hall–Kier alpha value is -0.620. The van der Waals surface area contributed by atoms with E-state index in [-0.39, 0.29) is 0 Å². The van der Waals surface area contributed by atoms with Gasteiger partial charge in [-0.3, -0.25) is 4.90 Å². The number of nitrogens with one attached hydrogen (secondary N) is 1. The molecule has 1 N–H and O–H groups in total. The Bertz CT molecular complexity index is 1450. The molecular formula is C73H156F2N12. The van der Waals surface area contributed by atoms with Crippen LogP contribution in [0.5, 0.6) is 0 Å². The van der Waals surface area contributed by atoms with Gasteiger partial charge in [0.1, 0.15) is 12.3 Å². The number of piperazine rings is 4. The molecule has 0 saturated carbocycles. The minimum atomic E-state index is -0.554. The molecule has 12 nitrogen and oxygen atoms in total. The first-order valence-corrected chi connectivity index (χ1v) is 37.0. The second kappa shape index (κ2) is 51.8. The molecule has 0 radical (unpaired) electrons. The first-order valence-electron chi connectivity index (χ1n) is 37.0. The van der Waals surface area contributed by atoms with E-state index in [1.54, 1.807) is 0 Å². The summed E-state index contributed by atoms with van der Waals surface area (Å²) in [5.74, 6) is 7.56. The van der Waals surface area contributed by atoms with Crippen LogP contribution in [0.15, 0.2) is 0 Å². The average molecular weight is 1240 g/mol. The summed E-state index contributed by atoms with van der Waals surface area (Å²) in [5, 5.41) is 3.35. The highest BCUT2D eigenvalue weighted by Crippen LogP contribution is 2.17. The van der Waals surface area contributed by atoms with Gasteiger partial charge in [-0.1, -0.05) is 118 Å². The molecule has 8 aliphatic heterocycles. The third-order valence-electron chi connectivity index (χ3n) is 18.1. The molecule has 8 aliphatic rings. The zero-order valence-corrected chi connectivity index (χ0v) is 62.2. The van der Waals surface area contributed by atoms with Crippen molar-refractivity contribution in [3.05, 3.63) is 0 Å². The lowest BCUT2D eigenvalue weighted by Gasteiger charge is -2.37. The van der Waals surface area contributed by atoms with E-state index in [1.165, 1.54) is 228 Å². The van der Waals surface area contributed by atoms with E-state index in [0.29, 0.717) is 19.6 Å². The summed E-state index contributed by atoms with van der Waals surface area (Å²) >= 11 is 0. The van der Waals surface area contributed by atoms with Crippen LogP contribution in [0, 0.1) is 53.3 Å². The Morgan fingerprint density at radius 3 is 0.954 bits per heavy atom. The van der Waals surface area contributed by atoms with Gasteiger partial charge in [-0.15, -0.1) is 0 Å². The van der Waals surface area contributed by atoms with E-state index in [2.05, 4.69) is 198 Å². The molecule has 1 unspecified atom stereocenters. The van der Waals surface area contributed by atoms with Crippen LogP contribution in [0.3, 0.4) is 0 Å². The molecular weight excluding hydrogens is 1080 g/mol. The molecule has 14 heteroatoms. The molecule has 0 aromatic heterocycles. The quantitative estimate of drug-likeness (QED) is 0.106. The summed E-state index contributed by atoms with van der Waals surface area (Å²) in [6, 6.07) is 0. The Kier molecular flexibility index (Phi) is 50.2. The second-order valence-corrected chi connectivity index (χ2v) is 31.6. The number of likely N-dealkylation sites (N-methyl/N-ethyl adjacent to an activating group) is 3. The van der Waals surface area contributed by atoms with Crippen LogP contribution in [0.1, 0.15) is 182 Å². The molecule has 0 spiro atoms. The van der Waals surface area contributed by atoms with Gasteiger partial charge < -0.3 is 54.3 Å². The Balaban J connectivity index is 0.000000498. The molecule has 0 aromatic rings. The lowest BCUT2D eigenvalue weighted by Crippen LogP contribution is -2.48. The summed E-state index contributed by atoms with van der Waals surface area (Å²) in [4.78, 5) is 27.0. The van der Waals surface area contributed by atoms with Gasteiger partial charge in [0, 0.05) is 157 Å². The van der Waals surface area contributed by atoms with Crippen LogP contribution in [0.25, 0.3) is 0 Å². The molecule has 0 aliphatic carbocycles. The highest BCUT2D eigenvalue weighted by molar-refractivity contribution is 4.80. The van der Waals surface area contributed by atoms with Crippen LogP contribution in [0.4, 0.5) is 8.78 Å². The fourth-order valence-electron chi connectivity index (χ4n) is 11.7. The summed E-state index contributed by atoms with van der Waals surface area (Å²) < 4.78 is 24.9. The van der Waals surface area contributed by atoms with Crippen LogP contribution in [-0.4, -0.2) is 297 Å². The lowest BCUT2D eigenvalue weighted by molar-refractivity contribution is 0.0619. The van der Waals surface area contributed by atoms with E-state index in [1.807, 2.05) is 0 Å². The van der Waals surface area contributed by atoms with Crippen LogP contribution in [-0.2, 0) is 0 Å². The molecule has 8 heterocycles. The highest BCUT2D eigenvalue weighted by Gasteiger charge is 2.26. The molecule has 0 aromatic carbocycles. The molecule has 522 valence electrons. The van der Waals surface area contributed by atoms with E-state index in [4.69, 9.17) is 0 Å². The summed E-state index contributed by atoms with van der Waals surface area (Å²) in [5.41, 5.74) is 0. The number of halogens is 2. The van der Waals surface area contributed by atoms with Gasteiger partial charge in [-0.05, 0) is 191 Å². The van der Waals surface area contributed by atoms with Crippen molar-refractivity contribution in [2.24, 2.45) is 53.3 Å². The SMILES string of the molecule is CC(C)CCCN1CCN(C)CC1.CC(C)CCN1CC(C)C1.CC(C)CCN1CC(F)C1.CC(C)CCN1CCC(F)C1.CC(C)CCN1CCCC1.CC(C)CCN1CCN(C)CC1.CC(C)CN1CCN(C)CC1.CC(C)CN1CCNCC1. The third kappa shape index (κ3) is 50.5. The monoisotopic (exact) mass is 1240 g/mol. The van der Waals surface area contributed by atoms with Gasteiger partial charge in [0.2, 0.25) is 0 Å². The molecule has 0 bridgehead atoms. The van der Waals surface area contributed by atoms with Crippen molar-refractivity contribution < 1.29 is 8.78 Å². The predicted molar refractivity (Wildman–Crippen MR) is 381 cm³/mol. The Labute approximate surface area is 543 Å². The maximum absolute atomic E-state index is 12.7. The van der Waals surface area contributed by atoms with Crippen molar-refractivity contribution in [1.29, 1.82) is 0 Å². The topological polar surface area (TPSA) is 47.7 Å². The first kappa shape index (κ1) is 84.4. The van der Waals surface area contributed by atoms with Crippen molar-refractivity contribution >= 4 is 0 Å². The zero-order chi connectivity index (χ0) is 65.1. The number of likely N-dealkylation sites (tertiary alicyclic amines) is 4. The smallest absolute Gasteiger partial charge is 0.125 e. The minimum Gasteiger partial charge on any atom is -0.314 e. The van der Waals surface area contributed by atoms with Crippen molar-refractivity contribution in [2.45, 2.75) is 194 Å². The van der Waals surface area contributed by atoms with Crippen LogP contribution >= 0.6 is 0 Å². The standard InChI is InChI=1S/C11H24N2.C10H22N2.C9H18FN.C9H20N2.2C9H19N.C8H16FN.C8H18N2/c1-11(2)5-4-6-13-9-7-12(3)8-10-13;1-10(2)4-5-12-8-6-11(3)7-9-12;1-8(2)3-5-11-6-4-9(10)7-11;1-9(2)8-11-6-4-10(3)5-7-11;1-8(2)4-5-10-6-9(3)7-10;1-9(2)5-8-10-6-3-4-7-10;1-7(2)3-4-10-5-8(9)6-10;1-8(2)7-10-5-3-9-4-6-10/h11H,4-10H2,1-3H3;10H,4-9H2,1-3H3;8-9H,3-7H2,1-2H3;9H,4-8H2,1-3H3;8-9H,4-7H2,1-3H3;9H,3-8H2,1-2H3;7-8H,3-6H2,1-2H3;8-9H,3-7H2,1-2H3. The summed E-state index contributed by atoms with van der Waals surface area (Å²) in [6.07, 6.45) is 11.8. The van der Waals surface area contributed by atoms with E-state index in [0.717, 1.165) is 79.3 Å². The average Bonchev–Trinajstić information content (AvgIpc) is 4.37. The predicted octanol–water partition coefficient (Wildman–Crippen LogP) is 12.3. The minimum absolute atomic E-state index is 0.535. The number of hydrogen-bond acceptors (Lipinski definition) is 12. The van der Waals surface area contributed by atoms with Crippen molar-refractivity contribution in [1.82, 2.24) is 59.2 Å². The van der Waals surface area contributed by atoms with Gasteiger partial charge in [0.05, 0.1) is 0 Å². The molecule has 8 fully saturated rings. The van der Waals surface area contributed by atoms with Crippen LogP contribution < -0.4 is 5.32 Å². The van der Waals surface area contributed by atoms with Crippen LogP contribution in [0.2, 0.25) is 0 Å². The van der Waals surface area contributed by atoms with Gasteiger partial charge in [0.15, 0.2) is 0 Å². The normalized spacial score (nSPS) is 22.3. The van der Waals surface area contributed by atoms with E-state index >= 15 is 0 Å². The zero-order valence-electron chi connectivity index (χ0n) is 62.2. The molecule has 0 amide bonds. The number of nitrogens with zero attached hydrogens (tertiary/aromatic N) is 11. The summed E-state index contributed by atoms with van der Waals surface area (Å²) in [7, 11) is 6.62. The number of rotatable bonds is 23. The fourth-order valence-corrected chi connectivity index (χ4v) is 11.7. The largest absolute Gasteiger partial charge is 0.314 e. The number of hydrogen-bond donors (Lipinski definition) is 1. The highest BCUT2D eigenvalue weighted by atomic mass is 19.1. The fraction of sp³-hybridized carbons (Fsp3) is 1.00. The van der Waals surface area contributed by atoms with Gasteiger partial charge in [-0.2, -0.15) is 0 Å². The maximum atomic E-state index is 12.7. The molecule has 8 saturated heterocycles. The summed E-state index contributed by atoms with van der Waals surface area (Å²) in [6.45, 7) is 76.9. The second-order valence-electron chi connectivity index (χ2n) is 31.6. The third-order valence-corrected chi connectivity index (χ3v) is 18.1. The van der Waals surface area contributed by atoms with Crippen molar-refractivity contribution in [3.8, 4) is 0 Å². The molecule has 8 rings (SSSR count). The van der Waals surface area contributed by atoms with Gasteiger partial charge in [0.25, 0.3) is 0 Å². The lowest BCUT2D eigenvalue weighted by atomic mass is 10.0.